The van der Waals surface area contributed by atoms with Gasteiger partial charge in [-0.3, -0.25) is 4.79 Å². The molecule has 1 aromatic heterocycles. The van der Waals surface area contributed by atoms with Crippen LogP contribution >= 0.6 is 15.9 Å². The number of methoxy groups -OCH3 is 2. The van der Waals surface area contributed by atoms with Gasteiger partial charge in [-0.25, -0.2) is 4.79 Å². The maximum atomic E-state index is 13.4. The largest absolute Gasteiger partial charge is 0.493 e. The lowest BCUT2D eigenvalue weighted by molar-refractivity contribution is 0.0523. The zero-order valence-corrected chi connectivity index (χ0v) is 21.3. The number of nitrogens with zero attached hydrogens (tertiary/aromatic N) is 1. The van der Waals surface area contributed by atoms with E-state index in [4.69, 9.17) is 23.4 Å². The number of halogens is 1. The Hall–Kier alpha value is -3.46. The van der Waals surface area contributed by atoms with E-state index in [1.807, 2.05) is 12.1 Å². The highest BCUT2D eigenvalue weighted by molar-refractivity contribution is 9.10. The van der Waals surface area contributed by atoms with Gasteiger partial charge in [0, 0.05) is 6.54 Å². The number of benzene rings is 2. The van der Waals surface area contributed by atoms with Crippen molar-refractivity contribution >= 4 is 27.8 Å². The minimum atomic E-state index is -0.403. The van der Waals surface area contributed by atoms with Crippen molar-refractivity contribution < 1.29 is 33.0 Å². The minimum absolute atomic E-state index is 0.189. The normalized spacial score (nSPS) is 14.7. The summed E-state index contributed by atoms with van der Waals surface area (Å²) in [5, 5.41) is 0. The average Bonchev–Trinajstić information content (AvgIpc) is 3.32. The van der Waals surface area contributed by atoms with E-state index >= 15 is 0 Å². The molecular weight excluding hydrogens is 518 g/mol. The Morgan fingerprint density at radius 3 is 2.40 bits per heavy atom. The highest BCUT2D eigenvalue weighted by Gasteiger charge is 2.34. The first kappa shape index (κ1) is 24.7. The number of esters is 1. The van der Waals surface area contributed by atoms with Gasteiger partial charge in [0.25, 0.3) is 5.91 Å². The Morgan fingerprint density at radius 2 is 1.77 bits per heavy atom. The molecule has 0 bridgehead atoms. The van der Waals surface area contributed by atoms with Gasteiger partial charge in [-0.1, -0.05) is 0 Å². The predicted molar refractivity (Wildman–Crippen MR) is 131 cm³/mol. The van der Waals surface area contributed by atoms with Crippen molar-refractivity contribution in [3.05, 3.63) is 75.7 Å². The third-order valence-electron chi connectivity index (χ3n) is 5.82. The molecular formula is C26H26BrNO7. The van der Waals surface area contributed by atoms with Crippen LogP contribution in [0.5, 0.6) is 17.2 Å². The fourth-order valence-electron chi connectivity index (χ4n) is 4.10. The molecule has 184 valence electrons. The van der Waals surface area contributed by atoms with E-state index in [1.165, 1.54) is 0 Å². The van der Waals surface area contributed by atoms with Gasteiger partial charge >= 0.3 is 5.97 Å². The van der Waals surface area contributed by atoms with Crippen LogP contribution in [0.4, 0.5) is 0 Å². The third kappa shape index (κ3) is 5.30. The van der Waals surface area contributed by atoms with Crippen LogP contribution in [0.15, 0.2) is 57.6 Å². The Balaban J connectivity index is 1.63. The second kappa shape index (κ2) is 10.9. The van der Waals surface area contributed by atoms with E-state index < -0.39 is 6.04 Å². The van der Waals surface area contributed by atoms with Crippen molar-refractivity contribution in [1.29, 1.82) is 0 Å². The molecule has 0 radical (unpaired) electrons. The number of fused-ring (bicyclic) bond motifs is 1. The lowest BCUT2D eigenvalue weighted by atomic mass is 9.92. The Morgan fingerprint density at radius 1 is 1.06 bits per heavy atom. The van der Waals surface area contributed by atoms with Gasteiger partial charge in [0.1, 0.15) is 12.4 Å². The molecule has 1 unspecified atom stereocenters. The molecule has 4 rings (SSSR count). The van der Waals surface area contributed by atoms with Crippen LogP contribution in [-0.2, 0) is 11.2 Å². The van der Waals surface area contributed by atoms with Gasteiger partial charge < -0.3 is 28.3 Å². The van der Waals surface area contributed by atoms with E-state index in [2.05, 4.69) is 15.9 Å². The topological polar surface area (TPSA) is 87.4 Å². The summed E-state index contributed by atoms with van der Waals surface area (Å²) in [5.41, 5.74) is 2.41. The van der Waals surface area contributed by atoms with E-state index in [-0.39, 0.29) is 24.2 Å². The highest BCUT2D eigenvalue weighted by atomic mass is 79.9. The van der Waals surface area contributed by atoms with Crippen LogP contribution in [0.2, 0.25) is 0 Å². The molecule has 2 aromatic carbocycles. The Labute approximate surface area is 211 Å². The van der Waals surface area contributed by atoms with Gasteiger partial charge in [0.05, 0.1) is 32.4 Å². The number of amides is 1. The number of furan rings is 1. The van der Waals surface area contributed by atoms with Crippen LogP contribution < -0.4 is 14.2 Å². The first-order valence-corrected chi connectivity index (χ1v) is 12.0. The van der Waals surface area contributed by atoms with Crippen molar-refractivity contribution in [2.24, 2.45) is 0 Å². The van der Waals surface area contributed by atoms with E-state index in [1.54, 1.807) is 62.4 Å². The SMILES string of the molecule is CCOC(=O)c1ccc(OCC2c3cc(OC)c(OC)cc3CCN2C(=O)c2ccc(Br)o2)cc1. The minimum Gasteiger partial charge on any atom is -0.493 e. The lowest BCUT2D eigenvalue weighted by Crippen LogP contribution is -2.42. The zero-order chi connectivity index (χ0) is 24.9. The molecule has 1 aliphatic heterocycles. The van der Waals surface area contributed by atoms with Crippen LogP contribution in [0.25, 0.3) is 0 Å². The fourth-order valence-corrected chi connectivity index (χ4v) is 4.41. The summed E-state index contributed by atoms with van der Waals surface area (Å²) in [6.45, 7) is 2.74. The molecule has 1 atom stereocenters. The van der Waals surface area contributed by atoms with Gasteiger partial charge in [-0.15, -0.1) is 0 Å². The van der Waals surface area contributed by atoms with E-state index in [0.717, 1.165) is 11.1 Å². The summed E-state index contributed by atoms with van der Waals surface area (Å²) in [4.78, 5) is 27.0. The molecule has 35 heavy (non-hydrogen) atoms. The summed E-state index contributed by atoms with van der Waals surface area (Å²) >= 11 is 3.26. The van der Waals surface area contributed by atoms with Crippen LogP contribution in [0.1, 0.15) is 45.0 Å². The number of carbonyl (C=O) groups is 2. The van der Waals surface area contributed by atoms with Crippen LogP contribution in [0, 0.1) is 0 Å². The number of hydrogen-bond acceptors (Lipinski definition) is 7. The Kier molecular flexibility index (Phi) is 7.65. The molecule has 3 aromatic rings. The smallest absolute Gasteiger partial charge is 0.338 e. The molecule has 8 nitrogen and oxygen atoms in total. The lowest BCUT2D eigenvalue weighted by Gasteiger charge is -2.37. The maximum Gasteiger partial charge on any atom is 0.338 e. The number of hydrogen-bond donors (Lipinski definition) is 0. The summed E-state index contributed by atoms with van der Waals surface area (Å²) in [6.07, 6.45) is 0.647. The molecule has 9 heteroatoms. The molecule has 0 spiro atoms. The molecule has 0 aliphatic carbocycles. The van der Waals surface area contributed by atoms with E-state index in [9.17, 15) is 9.59 Å². The molecule has 0 fully saturated rings. The second-order valence-electron chi connectivity index (χ2n) is 7.83. The zero-order valence-electron chi connectivity index (χ0n) is 19.7. The standard InChI is InChI=1S/C26H26BrNO7/c1-4-33-26(30)16-5-7-18(8-6-16)34-15-20-19-14-23(32-3)22(31-2)13-17(19)11-12-28(20)25(29)21-9-10-24(27)35-21/h5-10,13-14,20H,4,11-12,15H2,1-3H3. The number of ether oxygens (including phenoxy) is 4. The molecule has 0 saturated heterocycles. The summed E-state index contributed by atoms with van der Waals surface area (Å²) in [7, 11) is 3.17. The fraction of sp³-hybridized carbons (Fsp3) is 0.308. The summed E-state index contributed by atoms with van der Waals surface area (Å²) in [6, 6.07) is 13.5. The van der Waals surface area contributed by atoms with Gasteiger partial charge in [-0.2, -0.15) is 0 Å². The molecule has 0 N–H and O–H groups in total. The van der Waals surface area contributed by atoms with Gasteiger partial charge in [0.15, 0.2) is 21.9 Å². The third-order valence-corrected chi connectivity index (χ3v) is 6.25. The van der Waals surface area contributed by atoms with Crippen molar-refractivity contribution in [2.45, 2.75) is 19.4 Å². The van der Waals surface area contributed by atoms with Crippen molar-refractivity contribution in [1.82, 2.24) is 4.90 Å². The quantitative estimate of drug-likeness (QED) is 0.367. The monoisotopic (exact) mass is 543 g/mol. The van der Waals surface area contributed by atoms with Gasteiger partial charge in [-0.05, 0) is 88.9 Å². The second-order valence-corrected chi connectivity index (χ2v) is 8.61. The van der Waals surface area contributed by atoms with Crippen molar-refractivity contribution in [2.75, 3.05) is 34.0 Å². The number of carbonyl (C=O) groups excluding carboxylic acids is 2. The predicted octanol–water partition coefficient (Wildman–Crippen LogP) is 5.05. The van der Waals surface area contributed by atoms with Crippen molar-refractivity contribution in [3.63, 3.8) is 0 Å². The van der Waals surface area contributed by atoms with Gasteiger partial charge in [0.2, 0.25) is 0 Å². The van der Waals surface area contributed by atoms with Crippen LogP contribution in [-0.4, -0.2) is 50.8 Å². The van der Waals surface area contributed by atoms with E-state index in [0.29, 0.717) is 47.1 Å². The molecule has 1 amide bonds. The maximum absolute atomic E-state index is 13.4. The average molecular weight is 544 g/mol. The van der Waals surface area contributed by atoms with Crippen molar-refractivity contribution in [3.8, 4) is 17.2 Å². The first-order chi connectivity index (χ1) is 16.9. The number of rotatable bonds is 8. The summed E-state index contributed by atoms with van der Waals surface area (Å²) < 4.78 is 28.1. The Bertz CT molecular complexity index is 1200. The molecule has 1 aliphatic rings. The molecule has 0 saturated carbocycles. The highest BCUT2D eigenvalue weighted by Crippen LogP contribution is 2.39. The summed E-state index contributed by atoms with van der Waals surface area (Å²) in [5.74, 6) is 1.40. The molecule has 2 heterocycles. The first-order valence-electron chi connectivity index (χ1n) is 11.2. The van der Waals surface area contributed by atoms with Crippen LogP contribution in [0.3, 0.4) is 0 Å².